The summed E-state index contributed by atoms with van der Waals surface area (Å²) in [5.41, 5.74) is 3.43. The lowest BCUT2D eigenvalue weighted by atomic mass is 10.0. The average Bonchev–Trinajstić information content (AvgIpc) is 3.55. The smallest absolute Gasteiger partial charge is 0.238 e. The van der Waals surface area contributed by atoms with Crippen LogP contribution in [-0.4, -0.2) is 14.3 Å². The largest absolute Gasteiger partial charge is 0.326 e. The Bertz CT molecular complexity index is 1260. The number of nitriles is 1. The zero-order valence-electron chi connectivity index (χ0n) is 15.9. The highest BCUT2D eigenvalue weighted by molar-refractivity contribution is 7.89. The summed E-state index contributed by atoms with van der Waals surface area (Å²) in [4.78, 5) is 12.6. The van der Waals surface area contributed by atoms with E-state index in [2.05, 4.69) is 11.4 Å². The predicted molar refractivity (Wildman–Crippen MR) is 114 cm³/mol. The van der Waals surface area contributed by atoms with E-state index in [1.165, 1.54) is 6.07 Å². The number of carbonyl (C=O) groups is 1. The third-order valence-corrected chi connectivity index (χ3v) is 6.20. The summed E-state index contributed by atoms with van der Waals surface area (Å²) in [6.07, 6.45) is 0.751. The minimum absolute atomic E-state index is 0.0576. The number of hydrogen-bond acceptors (Lipinski definition) is 4. The molecule has 6 nitrogen and oxygen atoms in total. The fraction of sp³-hybridized carbons (Fsp3) is 0.130. The minimum Gasteiger partial charge on any atom is -0.326 e. The first-order valence-electron chi connectivity index (χ1n) is 9.40. The highest BCUT2D eigenvalue weighted by Crippen LogP contribution is 2.48. The van der Waals surface area contributed by atoms with Gasteiger partial charge in [-0.2, -0.15) is 5.26 Å². The van der Waals surface area contributed by atoms with Crippen molar-refractivity contribution >= 4 is 21.6 Å². The first-order chi connectivity index (χ1) is 14.4. The summed E-state index contributed by atoms with van der Waals surface area (Å²) in [7, 11) is -3.84. The van der Waals surface area contributed by atoms with Gasteiger partial charge in [0.05, 0.1) is 16.5 Å². The molecule has 0 spiro atoms. The highest BCUT2D eigenvalue weighted by Gasteiger charge is 2.44. The molecule has 2 atom stereocenters. The molecule has 4 rings (SSSR count). The van der Waals surface area contributed by atoms with Gasteiger partial charge in [0, 0.05) is 17.2 Å². The lowest BCUT2D eigenvalue weighted by Gasteiger charge is -2.10. The van der Waals surface area contributed by atoms with E-state index in [0.29, 0.717) is 22.4 Å². The third-order valence-electron chi connectivity index (χ3n) is 5.23. The first kappa shape index (κ1) is 19.8. The van der Waals surface area contributed by atoms with Crippen molar-refractivity contribution < 1.29 is 13.2 Å². The molecule has 1 fully saturated rings. The van der Waals surface area contributed by atoms with Gasteiger partial charge in [-0.25, -0.2) is 13.6 Å². The number of benzene rings is 3. The van der Waals surface area contributed by atoms with Crippen LogP contribution in [0.25, 0.3) is 11.1 Å². The second-order valence-electron chi connectivity index (χ2n) is 7.29. The van der Waals surface area contributed by atoms with E-state index in [1.807, 2.05) is 18.2 Å². The summed E-state index contributed by atoms with van der Waals surface area (Å²) in [5, 5.41) is 17.2. The minimum atomic E-state index is -3.84. The fourth-order valence-electron chi connectivity index (χ4n) is 3.61. The molecule has 30 heavy (non-hydrogen) atoms. The van der Waals surface area contributed by atoms with E-state index >= 15 is 0 Å². The molecule has 3 aromatic rings. The Hall–Kier alpha value is -3.47. The van der Waals surface area contributed by atoms with E-state index in [0.717, 1.165) is 12.0 Å². The van der Waals surface area contributed by atoms with Crippen molar-refractivity contribution in [2.24, 2.45) is 11.1 Å². The Labute approximate surface area is 175 Å². The topological polar surface area (TPSA) is 113 Å². The van der Waals surface area contributed by atoms with Gasteiger partial charge in [0.25, 0.3) is 0 Å². The maximum atomic E-state index is 12.6. The molecule has 0 saturated heterocycles. The Morgan fingerprint density at radius 3 is 2.47 bits per heavy atom. The van der Waals surface area contributed by atoms with E-state index in [1.54, 1.807) is 48.5 Å². The molecular weight excluding hydrogens is 398 g/mol. The second-order valence-corrected chi connectivity index (χ2v) is 8.82. The summed E-state index contributed by atoms with van der Waals surface area (Å²) < 4.78 is 23.6. The lowest BCUT2D eigenvalue weighted by molar-refractivity contribution is -0.117. The molecule has 0 aliphatic heterocycles. The van der Waals surface area contributed by atoms with Crippen LogP contribution in [0.2, 0.25) is 0 Å². The first-order valence-corrected chi connectivity index (χ1v) is 10.9. The van der Waals surface area contributed by atoms with E-state index in [4.69, 9.17) is 10.4 Å². The normalized spacial score (nSPS) is 17.7. The number of nitrogens with one attached hydrogen (secondary N) is 1. The van der Waals surface area contributed by atoms with Crippen LogP contribution in [0, 0.1) is 17.2 Å². The standard InChI is InChI=1S/C23H19N3O3S/c24-14-15-4-3-5-17(12-15)20-13-21(20)23(27)26-18-10-8-16(9-11-18)19-6-1-2-7-22(19)30(25,28)29/h1-12,20-21H,13H2,(H,26,27)(H2,25,28,29)/t20-,21-/m1/s1. The van der Waals surface area contributed by atoms with Gasteiger partial charge in [0.15, 0.2) is 0 Å². The molecule has 1 aliphatic carbocycles. The molecule has 150 valence electrons. The molecule has 0 radical (unpaired) electrons. The zero-order valence-corrected chi connectivity index (χ0v) is 16.8. The van der Waals surface area contributed by atoms with Crippen LogP contribution in [0.3, 0.4) is 0 Å². The number of carbonyl (C=O) groups excluding carboxylic acids is 1. The SMILES string of the molecule is N#Cc1cccc([C@H]2C[C@H]2C(=O)Nc2ccc(-c3ccccc3S(N)(=O)=O)cc2)c1. The second kappa shape index (κ2) is 7.75. The Kier molecular flexibility index (Phi) is 5.12. The molecule has 0 aromatic heterocycles. The molecule has 3 N–H and O–H groups in total. The molecule has 1 aliphatic rings. The van der Waals surface area contributed by atoms with Crippen molar-refractivity contribution in [3.05, 3.63) is 83.9 Å². The molecule has 7 heteroatoms. The van der Waals surface area contributed by atoms with E-state index < -0.39 is 10.0 Å². The van der Waals surface area contributed by atoms with Gasteiger partial charge in [-0.05, 0) is 53.8 Å². The van der Waals surface area contributed by atoms with Crippen LogP contribution in [0.1, 0.15) is 23.5 Å². The monoisotopic (exact) mass is 417 g/mol. The summed E-state index contributed by atoms with van der Waals surface area (Å²) in [6, 6.07) is 23.0. The molecule has 0 heterocycles. The van der Waals surface area contributed by atoms with Gasteiger partial charge in [-0.3, -0.25) is 4.79 Å². The van der Waals surface area contributed by atoms with Crippen LogP contribution in [-0.2, 0) is 14.8 Å². The van der Waals surface area contributed by atoms with Crippen molar-refractivity contribution in [3.8, 4) is 17.2 Å². The van der Waals surface area contributed by atoms with Gasteiger partial charge in [0.1, 0.15) is 0 Å². The van der Waals surface area contributed by atoms with Crippen LogP contribution in [0.15, 0.2) is 77.7 Å². The maximum Gasteiger partial charge on any atom is 0.238 e. The quantitative estimate of drug-likeness (QED) is 0.660. The molecular formula is C23H19N3O3S. The van der Waals surface area contributed by atoms with Crippen LogP contribution in [0.4, 0.5) is 5.69 Å². The van der Waals surface area contributed by atoms with Crippen LogP contribution in [0.5, 0.6) is 0 Å². The number of nitrogens with two attached hydrogens (primary N) is 1. The van der Waals surface area contributed by atoms with Gasteiger partial charge in [-0.1, -0.05) is 42.5 Å². The van der Waals surface area contributed by atoms with Crippen molar-refractivity contribution in [2.45, 2.75) is 17.2 Å². The predicted octanol–water partition coefficient (Wildman–Crippen LogP) is 3.61. The molecule has 0 bridgehead atoms. The Morgan fingerprint density at radius 2 is 1.77 bits per heavy atom. The number of primary sulfonamides is 1. The molecule has 3 aromatic carbocycles. The third kappa shape index (κ3) is 4.10. The summed E-state index contributed by atoms with van der Waals surface area (Å²) in [6.45, 7) is 0. The van der Waals surface area contributed by atoms with Gasteiger partial charge in [-0.15, -0.1) is 0 Å². The van der Waals surface area contributed by atoms with Crippen molar-refractivity contribution in [2.75, 3.05) is 5.32 Å². The Balaban J connectivity index is 1.46. The molecule has 0 unspecified atom stereocenters. The fourth-order valence-corrected chi connectivity index (χ4v) is 4.37. The molecule has 1 amide bonds. The van der Waals surface area contributed by atoms with Crippen molar-refractivity contribution in [1.29, 1.82) is 5.26 Å². The van der Waals surface area contributed by atoms with Gasteiger partial charge >= 0.3 is 0 Å². The van der Waals surface area contributed by atoms with Crippen molar-refractivity contribution in [3.63, 3.8) is 0 Å². The number of rotatable bonds is 5. The molecule has 1 saturated carbocycles. The lowest BCUT2D eigenvalue weighted by Crippen LogP contribution is -2.14. The number of hydrogen-bond donors (Lipinski definition) is 2. The summed E-state index contributed by atoms with van der Waals surface area (Å²) in [5.74, 6) is -0.0685. The van der Waals surface area contributed by atoms with Gasteiger partial charge < -0.3 is 5.32 Å². The Morgan fingerprint density at radius 1 is 1.03 bits per heavy atom. The highest BCUT2D eigenvalue weighted by atomic mass is 32.2. The maximum absolute atomic E-state index is 12.6. The van der Waals surface area contributed by atoms with E-state index in [9.17, 15) is 13.2 Å². The number of nitrogens with zero attached hydrogens (tertiary/aromatic N) is 1. The summed E-state index contributed by atoms with van der Waals surface area (Å²) >= 11 is 0. The van der Waals surface area contributed by atoms with Crippen LogP contribution < -0.4 is 10.5 Å². The number of amides is 1. The van der Waals surface area contributed by atoms with Crippen LogP contribution >= 0.6 is 0 Å². The van der Waals surface area contributed by atoms with Gasteiger partial charge in [0.2, 0.25) is 15.9 Å². The van der Waals surface area contributed by atoms with E-state index in [-0.39, 0.29) is 22.6 Å². The number of anilines is 1. The van der Waals surface area contributed by atoms with Crippen molar-refractivity contribution in [1.82, 2.24) is 0 Å². The average molecular weight is 417 g/mol. The number of sulfonamides is 1. The zero-order chi connectivity index (χ0) is 21.3.